The fraction of sp³-hybridized carbons (Fsp3) is 0.900. The second kappa shape index (κ2) is 6.96. The zero-order chi connectivity index (χ0) is 23.3. The molecule has 4 saturated carbocycles. The second-order valence-corrected chi connectivity index (χ2v) is 14.7. The summed E-state index contributed by atoms with van der Waals surface area (Å²) in [6.07, 6.45) is 14.0. The van der Waals surface area contributed by atoms with Gasteiger partial charge in [0.25, 0.3) is 0 Å². The van der Waals surface area contributed by atoms with E-state index in [9.17, 15) is 9.90 Å². The third kappa shape index (κ3) is 2.89. The Bertz CT molecular complexity index is 836. The summed E-state index contributed by atoms with van der Waals surface area (Å²) in [5.41, 5.74) is 2.58. The van der Waals surface area contributed by atoms with Gasteiger partial charge in [0.2, 0.25) is 0 Å². The number of hydrogen-bond donors (Lipinski definition) is 1. The molecule has 2 nitrogen and oxygen atoms in total. The first kappa shape index (κ1) is 23.1. The van der Waals surface area contributed by atoms with Crippen LogP contribution in [0, 0.1) is 50.7 Å². The number of carbonyl (C=O) groups excluding carboxylic acids is 1. The minimum Gasteiger partial charge on any atom is -0.393 e. The van der Waals surface area contributed by atoms with Crippen LogP contribution in [0.25, 0.3) is 0 Å². The van der Waals surface area contributed by atoms with Crippen molar-refractivity contribution < 1.29 is 9.90 Å². The smallest absolute Gasteiger partial charge is 0.138 e. The van der Waals surface area contributed by atoms with Crippen LogP contribution in [0.3, 0.4) is 0 Å². The van der Waals surface area contributed by atoms with Crippen molar-refractivity contribution in [3.8, 4) is 0 Å². The molecule has 0 heterocycles. The van der Waals surface area contributed by atoms with Crippen LogP contribution in [0.1, 0.15) is 113 Å². The molecule has 5 rings (SSSR count). The standard InChI is InChI=1S/C30H48O2/c1-26(2)21-10-8-19-18-28(5)15-12-22-27(3,4)25(32)14-17-30(22,7)23(28)11-9-20(19)29(21,6)16-13-24(26)31/h8,20-24,31H,9-18H2,1-7H3. The molecule has 180 valence electrons. The molecule has 1 N–H and O–H groups in total. The number of allylic oxidation sites excluding steroid dienone is 2. The van der Waals surface area contributed by atoms with Crippen molar-refractivity contribution in [2.75, 3.05) is 0 Å². The van der Waals surface area contributed by atoms with Crippen LogP contribution in [0.5, 0.6) is 0 Å². The highest BCUT2D eigenvalue weighted by atomic mass is 16.3. The SMILES string of the molecule is CC12CCC3C(C)(C)C(=O)CCC3(C)C1CCC1C(=CCC3C(C)(C)C(O)CCC13C)C2. The van der Waals surface area contributed by atoms with Crippen molar-refractivity contribution in [1.29, 1.82) is 0 Å². The molecule has 0 aromatic rings. The van der Waals surface area contributed by atoms with Crippen LogP contribution in [-0.4, -0.2) is 17.0 Å². The van der Waals surface area contributed by atoms with Crippen molar-refractivity contribution in [2.24, 2.45) is 50.7 Å². The first-order chi connectivity index (χ1) is 14.8. The summed E-state index contributed by atoms with van der Waals surface area (Å²) in [5, 5.41) is 10.8. The lowest BCUT2D eigenvalue weighted by atomic mass is 9.42. The van der Waals surface area contributed by atoms with E-state index in [1.165, 1.54) is 38.5 Å². The molecule has 0 aromatic heterocycles. The molecule has 0 bridgehead atoms. The largest absolute Gasteiger partial charge is 0.393 e. The monoisotopic (exact) mass is 440 g/mol. The van der Waals surface area contributed by atoms with Gasteiger partial charge in [0, 0.05) is 11.8 Å². The van der Waals surface area contributed by atoms with E-state index in [4.69, 9.17) is 0 Å². The maximum absolute atomic E-state index is 12.9. The van der Waals surface area contributed by atoms with E-state index < -0.39 is 0 Å². The molecule has 5 aliphatic carbocycles. The number of rotatable bonds is 0. The van der Waals surface area contributed by atoms with E-state index in [-0.39, 0.29) is 16.9 Å². The highest BCUT2D eigenvalue weighted by Crippen LogP contribution is 2.69. The second-order valence-electron chi connectivity index (χ2n) is 14.7. The normalized spacial score (nSPS) is 51.9. The highest BCUT2D eigenvalue weighted by molar-refractivity contribution is 5.85. The molecule has 2 heteroatoms. The predicted molar refractivity (Wildman–Crippen MR) is 131 cm³/mol. The predicted octanol–water partition coefficient (Wildman–Crippen LogP) is 7.35. The Balaban J connectivity index is 1.51. The molecule has 0 aliphatic heterocycles. The molecule has 4 fully saturated rings. The van der Waals surface area contributed by atoms with Gasteiger partial charge in [0.05, 0.1) is 6.10 Å². The van der Waals surface area contributed by atoms with Gasteiger partial charge in [-0.1, -0.05) is 60.1 Å². The maximum atomic E-state index is 12.9. The van der Waals surface area contributed by atoms with Gasteiger partial charge in [0.15, 0.2) is 0 Å². The molecule has 5 aliphatic rings. The van der Waals surface area contributed by atoms with Gasteiger partial charge >= 0.3 is 0 Å². The Morgan fingerprint density at radius 2 is 1.53 bits per heavy atom. The van der Waals surface area contributed by atoms with Gasteiger partial charge in [-0.2, -0.15) is 0 Å². The van der Waals surface area contributed by atoms with E-state index in [1.807, 2.05) is 0 Å². The summed E-state index contributed by atoms with van der Waals surface area (Å²) in [6.45, 7) is 16.9. The zero-order valence-corrected chi connectivity index (χ0v) is 21.9. The Morgan fingerprint density at radius 1 is 0.812 bits per heavy atom. The van der Waals surface area contributed by atoms with E-state index >= 15 is 0 Å². The molecule has 0 radical (unpaired) electrons. The van der Waals surface area contributed by atoms with E-state index in [1.54, 1.807) is 5.57 Å². The lowest BCUT2D eigenvalue weighted by Gasteiger charge is -2.62. The van der Waals surface area contributed by atoms with Crippen LogP contribution in [0.2, 0.25) is 0 Å². The fourth-order valence-corrected chi connectivity index (χ4v) is 10.8. The molecule has 8 unspecified atom stereocenters. The lowest BCUT2D eigenvalue weighted by molar-refractivity contribution is -0.159. The van der Waals surface area contributed by atoms with E-state index in [0.717, 1.165) is 31.6 Å². The number of aliphatic hydroxyl groups excluding tert-OH is 1. The average molecular weight is 441 g/mol. The minimum absolute atomic E-state index is 0.00280. The van der Waals surface area contributed by atoms with Gasteiger partial charge < -0.3 is 5.11 Å². The average Bonchev–Trinajstić information content (AvgIpc) is 2.86. The van der Waals surface area contributed by atoms with E-state index in [0.29, 0.717) is 39.8 Å². The van der Waals surface area contributed by atoms with Crippen LogP contribution >= 0.6 is 0 Å². The summed E-state index contributed by atoms with van der Waals surface area (Å²) < 4.78 is 0. The lowest BCUT2D eigenvalue weighted by Crippen LogP contribution is -2.57. The Morgan fingerprint density at radius 3 is 2.25 bits per heavy atom. The van der Waals surface area contributed by atoms with Crippen molar-refractivity contribution in [3.05, 3.63) is 11.6 Å². The summed E-state index contributed by atoms with van der Waals surface area (Å²) >= 11 is 0. The summed E-state index contributed by atoms with van der Waals surface area (Å²) in [6, 6.07) is 0. The Kier molecular flexibility index (Phi) is 5.03. The molecule has 0 amide bonds. The third-order valence-corrected chi connectivity index (χ3v) is 12.6. The number of fused-ring (bicyclic) bond motifs is 6. The summed E-state index contributed by atoms with van der Waals surface area (Å²) in [4.78, 5) is 12.9. The molecule has 0 saturated heterocycles. The Labute approximate surface area is 197 Å². The Hall–Kier alpha value is -0.630. The fourth-order valence-electron chi connectivity index (χ4n) is 10.8. The maximum Gasteiger partial charge on any atom is 0.138 e. The van der Waals surface area contributed by atoms with Crippen LogP contribution in [0.15, 0.2) is 11.6 Å². The molecule has 0 aromatic carbocycles. The quantitative estimate of drug-likeness (QED) is 0.400. The summed E-state index contributed by atoms with van der Waals surface area (Å²) in [5.74, 6) is 3.02. The van der Waals surface area contributed by atoms with Crippen LogP contribution in [-0.2, 0) is 4.79 Å². The van der Waals surface area contributed by atoms with E-state index in [2.05, 4.69) is 54.5 Å². The molecular weight excluding hydrogens is 392 g/mol. The van der Waals surface area contributed by atoms with Crippen molar-refractivity contribution in [3.63, 3.8) is 0 Å². The third-order valence-electron chi connectivity index (χ3n) is 12.6. The van der Waals surface area contributed by atoms with Crippen LogP contribution < -0.4 is 0 Å². The van der Waals surface area contributed by atoms with Gasteiger partial charge in [-0.05, 0) is 103 Å². The van der Waals surface area contributed by atoms with Gasteiger partial charge in [0.1, 0.15) is 5.78 Å². The summed E-state index contributed by atoms with van der Waals surface area (Å²) in [7, 11) is 0. The molecule has 32 heavy (non-hydrogen) atoms. The molecule has 0 spiro atoms. The van der Waals surface area contributed by atoms with Crippen molar-refractivity contribution in [1.82, 2.24) is 0 Å². The molecule has 8 atom stereocenters. The van der Waals surface area contributed by atoms with Crippen molar-refractivity contribution >= 4 is 5.78 Å². The van der Waals surface area contributed by atoms with Gasteiger partial charge in [-0.3, -0.25) is 4.79 Å². The number of ketones is 1. The topological polar surface area (TPSA) is 37.3 Å². The number of aliphatic hydroxyl groups is 1. The number of hydrogen-bond acceptors (Lipinski definition) is 2. The van der Waals surface area contributed by atoms with Crippen LogP contribution in [0.4, 0.5) is 0 Å². The highest BCUT2D eigenvalue weighted by Gasteiger charge is 2.63. The number of Topliss-reactive ketones (excluding diaryl/α,β-unsaturated/α-hetero) is 1. The number of carbonyl (C=O) groups is 1. The van der Waals surface area contributed by atoms with Gasteiger partial charge in [-0.15, -0.1) is 0 Å². The molecular formula is C30H48O2. The zero-order valence-electron chi connectivity index (χ0n) is 21.9. The first-order valence-corrected chi connectivity index (χ1v) is 13.7. The minimum atomic E-state index is -0.164. The van der Waals surface area contributed by atoms with Gasteiger partial charge in [-0.25, -0.2) is 0 Å². The first-order valence-electron chi connectivity index (χ1n) is 13.7. The van der Waals surface area contributed by atoms with Crippen molar-refractivity contribution in [2.45, 2.75) is 119 Å².